The van der Waals surface area contributed by atoms with Gasteiger partial charge in [0.1, 0.15) is 0 Å². The van der Waals surface area contributed by atoms with Crippen LogP contribution in [0.4, 0.5) is 0 Å². The molecule has 0 atom stereocenters. The molecule has 1 aromatic carbocycles. The lowest BCUT2D eigenvalue weighted by Crippen LogP contribution is -2.25. The minimum atomic E-state index is -0.960. The molecule has 25 heavy (non-hydrogen) atoms. The van der Waals surface area contributed by atoms with Gasteiger partial charge in [-0.2, -0.15) is 5.10 Å². The fourth-order valence-corrected chi connectivity index (χ4v) is 2.96. The number of hydrogen-bond donors (Lipinski definition) is 2. The zero-order valence-electron chi connectivity index (χ0n) is 15.0. The Labute approximate surface area is 147 Å². The summed E-state index contributed by atoms with van der Waals surface area (Å²) < 4.78 is 1.88. The fourth-order valence-electron chi connectivity index (χ4n) is 2.96. The van der Waals surface area contributed by atoms with Gasteiger partial charge in [-0.05, 0) is 50.3 Å². The maximum absolute atomic E-state index is 12.0. The molecule has 0 aliphatic rings. The summed E-state index contributed by atoms with van der Waals surface area (Å²) in [5.41, 5.74) is 4.39. The van der Waals surface area contributed by atoms with Gasteiger partial charge in [-0.15, -0.1) is 0 Å². The molecule has 6 nitrogen and oxygen atoms in total. The van der Waals surface area contributed by atoms with Crippen molar-refractivity contribution in [3.63, 3.8) is 0 Å². The van der Waals surface area contributed by atoms with Crippen LogP contribution in [0.25, 0.3) is 0 Å². The number of rotatable bonds is 8. The van der Waals surface area contributed by atoms with E-state index >= 15 is 0 Å². The van der Waals surface area contributed by atoms with E-state index in [1.165, 1.54) is 5.56 Å². The van der Waals surface area contributed by atoms with Crippen molar-refractivity contribution in [2.75, 3.05) is 6.54 Å². The first-order valence-corrected chi connectivity index (χ1v) is 8.47. The predicted molar refractivity (Wildman–Crippen MR) is 95.7 cm³/mol. The lowest BCUT2D eigenvalue weighted by Gasteiger charge is -2.07. The van der Waals surface area contributed by atoms with E-state index < -0.39 is 5.97 Å². The van der Waals surface area contributed by atoms with Crippen molar-refractivity contribution < 1.29 is 14.7 Å². The number of nitrogens with zero attached hydrogens (tertiary/aromatic N) is 2. The van der Waals surface area contributed by atoms with Crippen LogP contribution in [0.1, 0.15) is 45.7 Å². The molecule has 0 bridgehead atoms. The zero-order chi connectivity index (χ0) is 18.4. The number of benzene rings is 1. The first-order chi connectivity index (χ1) is 11.9. The van der Waals surface area contributed by atoms with Crippen molar-refractivity contribution in [3.05, 3.63) is 52.3 Å². The Morgan fingerprint density at radius 2 is 1.92 bits per heavy atom. The molecule has 2 rings (SSSR count). The minimum Gasteiger partial charge on any atom is -0.478 e. The molecule has 0 aliphatic heterocycles. The molecule has 1 amide bonds. The molecule has 1 aromatic heterocycles. The molecule has 134 valence electrons. The van der Waals surface area contributed by atoms with Gasteiger partial charge in [-0.1, -0.05) is 18.2 Å². The van der Waals surface area contributed by atoms with Crippen molar-refractivity contribution in [1.29, 1.82) is 0 Å². The summed E-state index contributed by atoms with van der Waals surface area (Å²) in [6.45, 7) is 4.65. The van der Waals surface area contributed by atoms with Crippen molar-refractivity contribution in [1.82, 2.24) is 15.1 Å². The SMILES string of the molecule is Cc1nn(C)c(C)c1CCCNC(=O)CCc1ccccc1C(=O)O. The van der Waals surface area contributed by atoms with Crippen LogP contribution in [0.5, 0.6) is 0 Å². The molecule has 0 unspecified atom stereocenters. The number of amides is 1. The Bertz CT molecular complexity index is 765. The smallest absolute Gasteiger partial charge is 0.335 e. The van der Waals surface area contributed by atoms with Crippen LogP contribution in [0.3, 0.4) is 0 Å². The number of carboxylic acid groups (broad SMARTS) is 1. The van der Waals surface area contributed by atoms with Gasteiger partial charge >= 0.3 is 5.97 Å². The number of carboxylic acids is 1. The first kappa shape index (κ1) is 18.7. The highest BCUT2D eigenvalue weighted by Crippen LogP contribution is 2.14. The number of aromatic carboxylic acids is 1. The summed E-state index contributed by atoms with van der Waals surface area (Å²) >= 11 is 0. The summed E-state index contributed by atoms with van der Waals surface area (Å²) in [6, 6.07) is 6.80. The van der Waals surface area contributed by atoms with Crippen LogP contribution in [0.15, 0.2) is 24.3 Å². The number of nitrogens with one attached hydrogen (secondary N) is 1. The molecule has 2 N–H and O–H groups in total. The van der Waals surface area contributed by atoms with E-state index in [2.05, 4.69) is 10.4 Å². The second kappa shape index (κ2) is 8.46. The van der Waals surface area contributed by atoms with Gasteiger partial charge in [-0.3, -0.25) is 9.48 Å². The monoisotopic (exact) mass is 343 g/mol. The van der Waals surface area contributed by atoms with E-state index in [9.17, 15) is 9.59 Å². The molecular weight excluding hydrogens is 318 g/mol. The van der Waals surface area contributed by atoms with Gasteiger partial charge in [0.2, 0.25) is 5.91 Å². The molecule has 0 radical (unpaired) electrons. The molecule has 0 saturated carbocycles. The van der Waals surface area contributed by atoms with Crippen molar-refractivity contribution in [2.24, 2.45) is 7.05 Å². The molecular formula is C19H25N3O3. The summed E-state index contributed by atoms with van der Waals surface area (Å²) in [4.78, 5) is 23.1. The number of carbonyl (C=O) groups is 2. The Balaban J connectivity index is 1.75. The van der Waals surface area contributed by atoms with Gasteiger partial charge in [-0.25, -0.2) is 4.79 Å². The Morgan fingerprint density at radius 1 is 1.20 bits per heavy atom. The average molecular weight is 343 g/mol. The molecule has 1 heterocycles. The normalized spacial score (nSPS) is 10.7. The van der Waals surface area contributed by atoms with Crippen LogP contribution in [-0.4, -0.2) is 33.3 Å². The van der Waals surface area contributed by atoms with E-state index in [-0.39, 0.29) is 17.9 Å². The van der Waals surface area contributed by atoms with E-state index in [1.54, 1.807) is 24.3 Å². The summed E-state index contributed by atoms with van der Waals surface area (Å²) in [6.07, 6.45) is 2.45. The van der Waals surface area contributed by atoms with Crippen LogP contribution in [0, 0.1) is 13.8 Å². The predicted octanol–water partition coefficient (Wildman–Crippen LogP) is 2.42. The lowest BCUT2D eigenvalue weighted by molar-refractivity contribution is -0.121. The van der Waals surface area contributed by atoms with Crippen molar-refractivity contribution in [3.8, 4) is 0 Å². The van der Waals surface area contributed by atoms with E-state index in [0.29, 0.717) is 18.5 Å². The third-order valence-corrected chi connectivity index (χ3v) is 4.45. The maximum Gasteiger partial charge on any atom is 0.335 e. The quantitative estimate of drug-likeness (QED) is 0.721. The van der Waals surface area contributed by atoms with Gasteiger partial charge in [0, 0.05) is 25.7 Å². The topological polar surface area (TPSA) is 84.2 Å². The molecule has 0 saturated heterocycles. The second-order valence-corrected chi connectivity index (χ2v) is 6.19. The highest BCUT2D eigenvalue weighted by molar-refractivity contribution is 5.89. The number of carbonyl (C=O) groups excluding carboxylic acids is 1. The molecule has 0 fully saturated rings. The summed E-state index contributed by atoms with van der Waals surface area (Å²) in [5.74, 6) is -1.02. The van der Waals surface area contributed by atoms with Crippen molar-refractivity contribution in [2.45, 2.75) is 39.5 Å². The average Bonchev–Trinajstić information content (AvgIpc) is 2.82. The standard InChI is InChI=1S/C19H25N3O3/c1-13-16(14(2)22(3)21-13)9-6-12-20-18(23)11-10-15-7-4-5-8-17(15)19(24)25/h4-5,7-8H,6,9-12H2,1-3H3,(H,20,23)(H,24,25). The largest absolute Gasteiger partial charge is 0.478 e. The van der Waals surface area contributed by atoms with Gasteiger partial charge < -0.3 is 10.4 Å². The van der Waals surface area contributed by atoms with Crippen LogP contribution in [0.2, 0.25) is 0 Å². The number of aryl methyl sites for hydroxylation is 3. The number of hydrogen-bond acceptors (Lipinski definition) is 3. The Morgan fingerprint density at radius 3 is 2.56 bits per heavy atom. The second-order valence-electron chi connectivity index (χ2n) is 6.19. The van der Waals surface area contributed by atoms with Gasteiger partial charge in [0.15, 0.2) is 0 Å². The molecule has 0 spiro atoms. The maximum atomic E-state index is 12.0. The third kappa shape index (κ3) is 4.92. The van der Waals surface area contributed by atoms with Crippen LogP contribution < -0.4 is 5.32 Å². The lowest BCUT2D eigenvalue weighted by atomic mass is 10.0. The highest BCUT2D eigenvalue weighted by atomic mass is 16.4. The minimum absolute atomic E-state index is 0.0557. The fraction of sp³-hybridized carbons (Fsp3) is 0.421. The molecule has 2 aromatic rings. The summed E-state index contributed by atoms with van der Waals surface area (Å²) in [7, 11) is 1.93. The van der Waals surface area contributed by atoms with E-state index in [0.717, 1.165) is 24.2 Å². The Hall–Kier alpha value is -2.63. The zero-order valence-corrected chi connectivity index (χ0v) is 15.0. The van der Waals surface area contributed by atoms with Crippen LogP contribution in [-0.2, 0) is 24.7 Å². The van der Waals surface area contributed by atoms with Gasteiger partial charge in [0.25, 0.3) is 0 Å². The van der Waals surface area contributed by atoms with Gasteiger partial charge in [0.05, 0.1) is 11.3 Å². The van der Waals surface area contributed by atoms with Crippen molar-refractivity contribution >= 4 is 11.9 Å². The third-order valence-electron chi connectivity index (χ3n) is 4.45. The van der Waals surface area contributed by atoms with E-state index in [4.69, 9.17) is 5.11 Å². The number of aromatic nitrogens is 2. The first-order valence-electron chi connectivity index (χ1n) is 8.47. The van der Waals surface area contributed by atoms with E-state index in [1.807, 2.05) is 25.6 Å². The Kier molecular flexibility index (Phi) is 6.33. The highest BCUT2D eigenvalue weighted by Gasteiger charge is 2.11. The summed E-state index contributed by atoms with van der Waals surface area (Å²) in [5, 5.41) is 16.4. The van der Waals surface area contributed by atoms with Crippen LogP contribution >= 0.6 is 0 Å². The molecule has 0 aliphatic carbocycles. The molecule has 6 heteroatoms.